The molecule has 4 N–H and O–H groups in total. The van der Waals surface area contributed by atoms with Crippen molar-refractivity contribution in [1.29, 1.82) is 0 Å². The second kappa shape index (κ2) is 8.75. The summed E-state index contributed by atoms with van der Waals surface area (Å²) in [6, 6.07) is 5.60. The number of nitrogens with one attached hydrogen (secondary N) is 2. The van der Waals surface area contributed by atoms with Crippen LogP contribution in [0.1, 0.15) is 11.3 Å². The Bertz CT molecular complexity index is 1610. The summed E-state index contributed by atoms with van der Waals surface area (Å²) in [7, 11) is -1.68. The van der Waals surface area contributed by atoms with Crippen LogP contribution < -0.4 is 15.8 Å². The first kappa shape index (κ1) is 23.5. The van der Waals surface area contributed by atoms with Crippen molar-refractivity contribution in [3.05, 3.63) is 48.0 Å². The van der Waals surface area contributed by atoms with Gasteiger partial charge in [0.2, 0.25) is 15.9 Å². The number of sulfonamides is 1. The van der Waals surface area contributed by atoms with Gasteiger partial charge in [0.05, 0.1) is 23.8 Å². The van der Waals surface area contributed by atoms with Crippen LogP contribution in [0.3, 0.4) is 0 Å². The van der Waals surface area contributed by atoms with Crippen LogP contribution >= 0.6 is 0 Å². The second-order valence-electron chi connectivity index (χ2n) is 8.79. The minimum atomic E-state index is -3.47. The highest BCUT2D eigenvalue weighted by molar-refractivity contribution is 7.92. The Balaban J connectivity index is 1.48. The third kappa shape index (κ3) is 4.64. The summed E-state index contributed by atoms with van der Waals surface area (Å²) in [5, 5.41) is 9.19. The lowest BCUT2D eigenvalue weighted by Crippen LogP contribution is -2.29. The van der Waals surface area contributed by atoms with Crippen molar-refractivity contribution in [2.45, 2.75) is 19.9 Å². The molecule has 0 spiro atoms. The summed E-state index contributed by atoms with van der Waals surface area (Å²) in [4.78, 5) is 27.0. The highest BCUT2D eigenvalue weighted by atomic mass is 32.2. The van der Waals surface area contributed by atoms with Crippen LogP contribution in [0.25, 0.3) is 22.0 Å². The van der Waals surface area contributed by atoms with E-state index in [4.69, 9.17) is 5.73 Å². The maximum absolute atomic E-state index is 12.2. The molecule has 4 aromatic heterocycles. The zero-order valence-corrected chi connectivity index (χ0v) is 20.8. The summed E-state index contributed by atoms with van der Waals surface area (Å²) in [6.07, 6.45) is 6.51. The van der Waals surface area contributed by atoms with Crippen LogP contribution in [0.5, 0.6) is 0 Å². The quantitative estimate of drug-likeness (QED) is 0.366. The Morgan fingerprint density at radius 3 is 2.69 bits per heavy atom. The summed E-state index contributed by atoms with van der Waals surface area (Å²) in [5.74, 6) is 1.45. The predicted molar refractivity (Wildman–Crippen MR) is 137 cm³/mol. The molecule has 0 saturated carbocycles. The van der Waals surface area contributed by atoms with E-state index < -0.39 is 10.0 Å². The van der Waals surface area contributed by atoms with Gasteiger partial charge in [0.15, 0.2) is 5.82 Å². The lowest BCUT2D eigenvalue weighted by molar-refractivity contribution is -0.130. The number of carbonyl (C=O) groups excluding carboxylic acids is 1. The second-order valence-corrected chi connectivity index (χ2v) is 10.5. The summed E-state index contributed by atoms with van der Waals surface area (Å²) in [6.45, 7) is 2.63. The Labute approximate surface area is 207 Å². The number of amides is 1. The Morgan fingerprint density at radius 2 is 1.92 bits per heavy atom. The lowest BCUT2D eigenvalue weighted by Gasteiger charge is -2.13. The number of fused-ring (bicyclic) bond motifs is 2. The molecule has 0 fully saturated rings. The first-order chi connectivity index (χ1) is 17.1. The van der Waals surface area contributed by atoms with E-state index in [9.17, 15) is 13.2 Å². The monoisotopic (exact) mass is 507 g/mol. The van der Waals surface area contributed by atoms with Crippen LogP contribution in [0.2, 0.25) is 0 Å². The maximum Gasteiger partial charge on any atom is 0.244 e. The molecule has 0 radical (unpaired) electrons. The number of pyridine rings is 3. The van der Waals surface area contributed by atoms with Gasteiger partial charge in [-0.25, -0.2) is 18.4 Å². The van der Waals surface area contributed by atoms with Crippen molar-refractivity contribution in [2.24, 2.45) is 0 Å². The van der Waals surface area contributed by atoms with Gasteiger partial charge in [-0.15, -0.1) is 0 Å². The highest BCUT2D eigenvalue weighted by Crippen LogP contribution is 2.31. The molecule has 4 aromatic rings. The molecule has 0 bridgehead atoms. The van der Waals surface area contributed by atoms with E-state index in [1.807, 2.05) is 18.2 Å². The fraction of sp³-hybridized carbons (Fsp3) is 0.261. The lowest BCUT2D eigenvalue weighted by atomic mass is 10.0. The van der Waals surface area contributed by atoms with Crippen LogP contribution in [0.4, 0.5) is 23.1 Å². The number of carbonyl (C=O) groups is 1. The van der Waals surface area contributed by atoms with Gasteiger partial charge in [-0.1, -0.05) is 0 Å². The van der Waals surface area contributed by atoms with Gasteiger partial charge in [0, 0.05) is 55.1 Å². The summed E-state index contributed by atoms with van der Waals surface area (Å²) < 4.78 is 27.6. The average molecular weight is 508 g/mol. The molecule has 0 atom stereocenters. The van der Waals surface area contributed by atoms with Gasteiger partial charge >= 0.3 is 0 Å². The van der Waals surface area contributed by atoms with Crippen LogP contribution in [0, 0.1) is 6.92 Å². The van der Waals surface area contributed by atoms with Crippen molar-refractivity contribution in [3.63, 3.8) is 0 Å². The van der Waals surface area contributed by atoms with Crippen molar-refractivity contribution in [1.82, 2.24) is 29.6 Å². The van der Waals surface area contributed by atoms with E-state index in [-0.39, 0.29) is 12.5 Å². The largest absolute Gasteiger partial charge is 0.383 e. The number of nitrogen functional groups attached to an aromatic ring is 1. The van der Waals surface area contributed by atoms with Gasteiger partial charge in [-0.2, -0.15) is 5.10 Å². The molecule has 0 saturated heterocycles. The number of hydrogen-bond donors (Lipinski definition) is 3. The van der Waals surface area contributed by atoms with Crippen molar-refractivity contribution in [2.75, 3.05) is 35.6 Å². The summed E-state index contributed by atoms with van der Waals surface area (Å²) >= 11 is 0. The Kier molecular flexibility index (Phi) is 5.71. The minimum Gasteiger partial charge on any atom is -0.383 e. The molecule has 1 aliphatic rings. The number of aromatic nitrogens is 5. The van der Waals surface area contributed by atoms with Crippen LogP contribution in [0.15, 0.2) is 36.8 Å². The molecule has 0 aromatic carbocycles. The number of likely N-dealkylation sites (N-methyl/N-ethyl adjacent to an activating group) is 1. The van der Waals surface area contributed by atoms with Gasteiger partial charge in [0.1, 0.15) is 18.2 Å². The van der Waals surface area contributed by atoms with Crippen molar-refractivity contribution >= 4 is 49.8 Å². The van der Waals surface area contributed by atoms with Crippen molar-refractivity contribution < 1.29 is 13.2 Å². The molecule has 1 amide bonds. The van der Waals surface area contributed by atoms with Gasteiger partial charge in [-0.05, 0) is 30.0 Å². The van der Waals surface area contributed by atoms with Gasteiger partial charge in [0.25, 0.3) is 0 Å². The molecular weight excluding hydrogens is 482 g/mol. The topological polar surface area (TPSA) is 161 Å². The zero-order valence-electron chi connectivity index (χ0n) is 20.0. The van der Waals surface area contributed by atoms with E-state index in [1.54, 1.807) is 35.9 Å². The fourth-order valence-corrected chi connectivity index (χ4v) is 4.71. The van der Waals surface area contributed by atoms with Crippen LogP contribution in [-0.2, 0) is 27.8 Å². The molecule has 0 unspecified atom stereocenters. The molecular formula is C23H25N9O3S. The number of rotatable bonds is 5. The smallest absolute Gasteiger partial charge is 0.244 e. The fourth-order valence-electron chi connectivity index (χ4n) is 4.11. The van der Waals surface area contributed by atoms with E-state index in [1.165, 1.54) is 6.20 Å². The summed E-state index contributed by atoms with van der Waals surface area (Å²) in [5.41, 5.74) is 9.45. The molecule has 12 nitrogen and oxygen atoms in total. The third-order valence-corrected chi connectivity index (χ3v) is 6.66. The Hall–Kier alpha value is -4.26. The SMILES string of the molecule is Cc1c(NS(C)(=O)=O)cncc1-c1cc2cc(Nc3cc4n(n3)CC(=O)N(C)CC4)ncc2c(N)n1. The standard InChI is InChI=1S/C23H25N9O3S/c1-13-16(9-25-11-19(13)30-36(3,34)35)18-6-14-7-20(26-10-17(14)23(24)27-18)28-21-8-15-4-5-31(2)22(33)12-32(15)29-21/h6-11,30H,4-5,12H2,1-3H3,(H2,24,27)(H,26,28,29). The third-order valence-electron chi connectivity index (χ3n) is 6.07. The van der Waals surface area contributed by atoms with Crippen molar-refractivity contribution in [3.8, 4) is 11.3 Å². The normalized spacial score (nSPS) is 14.0. The first-order valence-corrected chi connectivity index (χ1v) is 13.0. The van der Waals surface area contributed by atoms with Gasteiger partial charge < -0.3 is 16.0 Å². The van der Waals surface area contributed by atoms with E-state index >= 15 is 0 Å². The first-order valence-electron chi connectivity index (χ1n) is 11.1. The minimum absolute atomic E-state index is 0.0170. The number of nitrogens with zero attached hydrogens (tertiary/aromatic N) is 6. The highest BCUT2D eigenvalue weighted by Gasteiger charge is 2.20. The molecule has 0 aliphatic carbocycles. The molecule has 1 aliphatic heterocycles. The zero-order chi connectivity index (χ0) is 25.6. The number of nitrogens with two attached hydrogens (primary N) is 1. The van der Waals surface area contributed by atoms with E-state index in [0.29, 0.717) is 58.3 Å². The Morgan fingerprint density at radius 1 is 1.11 bits per heavy atom. The average Bonchev–Trinajstić information content (AvgIpc) is 3.12. The maximum atomic E-state index is 12.2. The molecule has 36 heavy (non-hydrogen) atoms. The predicted octanol–water partition coefficient (Wildman–Crippen LogP) is 1.91. The molecule has 13 heteroatoms. The van der Waals surface area contributed by atoms with Crippen LogP contribution in [-0.4, -0.2) is 63.8 Å². The number of anilines is 4. The number of hydrogen-bond acceptors (Lipinski definition) is 9. The molecule has 5 rings (SSSR count). The molecule has 5 heterocycles. The van der Waals surface area contributed by atoms with E-state index in [2.05, 4.69) is 30.1 Å². The molecule has 186 valence electrons. The van der Waals surface area contributed by atoms with E-state index in [0.717, 1.165) is 17.3 Å². The van der Waals surface area contributed by atoms with Gasteiger partial charge in [-0.3, -0.25) is 19.2 Å².